The maximum atomic E-state index is 12.3. The van der Waals surface area contributed by atoms with Crippen LogP contribution in [-0.4, -0.2) is 23.7 Å². The van der Waals surface area contributed by atoms with Gasteiger partial charge in [-0.05, 0) is 43.7 Å². The summed E-state index contributed by atoms with van der Waals surface area (Å²) in [5, 5.41) is 2.57. The minimum absolute atomic E-state index is 0.154. The van der Waals surface area contributed by atoms with Crippen LogP contribution in [-0.2, 0) is 20.9 Å². The summed E-state index contributed by atoms with van der Waals surface area (Å²) < 4.78 is 11.2. The van der Waals surface area contributed by atoms with Gasteiger partial charge in [0.15, 0.2) is 0 Å². The van der Waals surface area contributed by atoms with Crippen LogP contribution >= 0.6 is 15.9 Å². The van der Waals surface area contributed by atoms with Crippen LogP contribution in [0.2, 0.25) is 0 Å². The molecule has 0 saturated heterocycles. The smallest absolute Gasteiger partial charge is 0.408 e. The minimum atomic E-state index is -0.794. The second kappa shape index (κ2) is 9.47. The SMILES string of the molecule is C=C(Br)CC[C@H](NC(=O)OC(C)(C)C)C(=O)OCc1ccccc1. The Labute approximate surface area is 151 Å². The van der Waals surface area contributed by atoms with Gasteiger partial charge in [-0.3, -0.25) is 0 Å². The van der Waals surface area contributed by atoms with E-state index in [-0.39, 0.29) is 6.61 Å². The summed E-state index contributed by atoms with van der Waals surface area (Å²) in [6.45, 7) is 9.17. The molecule has 5 nitrogen and oxygen atoms in total. The van der Waals surface area contributed by atoms with Crippen LogP contribution < -0.4 is 5.32 Å². The fraction of sp³-hybridized carbons (Fsp3) is 0.444. The zero-order valence-electron chi connectivity index (χ0n) is 14.3. The first kappa shape index (κ1) is 20.2. The van der Waals surface area contributed by atoms with Crippen molar-refractivity contribution in [3.8, 4) is 0 Å². The van der Waals surface area contributed by atoms with Crippen molar-refractivity contribution in [2.45, 2.75) is 51.9 Å². The van der Waals surface area contributed by atoms with Gasteiger partial charge >= 0.3 is 12.1 Å². The third-order valence-corrected chi connectivity index (χ3v) is 3.30. The lowest BCUT2D eigenvalue weighted by atomic mass is 10.1. The van der Waals surface area contributed by atoms with Crippen molar-refractivity contribution in [2.24, 2.45) is 0 Å². The molecule has 0 bridgehead atoms. The van der Waals surface area contributed by atoms with E-state index in [2.05, 4.69) is 27.8 Å². The lowest BCUT2D eigenvalue weighted by Crippen LogP contribution is -2.44. The molecule has 1 atom stereocenters. The zero-order valence-corrected chi connectivity index (χ0v) is 15.9. The summed E-state index contributed by atoms with van der Waals surface area (Å²) in [5.74, 6) is -0.501. The van der Waals surface area contributed by atoms with Crippen LogP contribution in [0.15, 0.2) is 41.4 Å². The summed E-state index contributed by atoms with van der Waals surface area (Å²) in [5.41, 5.74) is 0.244. The van der Waals surface area contributed by atoms with Gasteiger partial charge in [-0.15, -0.1) is 0 Å². The number of allylic oxidation sites excluding steroid dienone is 1. The Morgan fingerprint density at radius 3 is 2.42 bits per heavy atom. The highest BCUT2D eigenvalue weighted by Gasteiger charge is 2.25. The second-order valence-corrected chi connectivity index (χ2v) is 7.47. The number of nitrogens with one attached hydrogen (secondary N) is 1. The van der Waals surface area contributed by atoms with E-state index in [0.29, 0.717) is 12.8 Å². The summed E-state index contributed by atoms with van der Waals surface area (Å²) in [6, 6.07) is 8.56. The monoisotopic (exact) mass is 397 g/mol. The van der Waals surface area contributed by atoms with E-state index in [0.717, 1.165) is 10.0 Å². The van der Waals surface area contributed by atoms with E-state index in [1.807, 2.05) is 30.3 Å². The van der Waals surface area contributed by atoms with E-state index in [1.165, 1.54) is 0 Å². The standard InChI is InChI=1S/C18H24BrNO4/c1-13(19)10-11-15(20-17(22)24-18(2,3)4)16(21)23-12-14-8-6-5-7-9-14/h5-9,15H,1,10-12H2,2-4H3,(H,20,22)/t15-/m0/s1. The number of halogens is 1. The van der Waals surface area contributed by atoms with E-state index < -0.39 is 23.7 Å². The lowest BCUT2D eigenvalue weighted by Gasteiger charge is -2.23. The van der Waals surface area contributed by atoms with Crippen LogP contribution in [0.5, 0.6) is 0 Å². The number of rotatable bonds is 7. The quantitative estimate of drug-likeness (QED) is 0.696. The highest BCUT2D eigenvalue weighted by molar-refractivity contribution is 9.11. The van der Waals surface area contributed by atoms with E-state index in [4.69, 9.17) is 9.47 Å². The van der Waals surface area contributed by atoms with E-state index in [9.17, 15) is 9.59 Å². The molecular weight excluding hydrogens is 374 g/mol. The number of carbonyl (C=O) groups excluding carboxylic acids is 2. The van der Waals surface area contributed by atoms with Gasteiger partial charge in [0.2, 0.25) is 0 Å². The summed E-state index contributed by atoms with van der Waals surface area (Å²) in [6.07, 6.45) is 0.252. The molecule has 6 heteroatoms. The molecule has 0 radical (unpaired) electrons. The van der Waals surface area contributed by atoms with Gasteiger partial charge in [-0.1, -0.05) is 52.8 Å². The highest BCUT2D eigenvalue weighted by atomic mass is 79.9. The Morgan fingerprint density at radius 1 is 1.25 bits per heavy atom. The molecule has 0 unspecified atom stereocenters. The molecule has 1 aromatic carbocycles. The third-order valence-electron chi connectivity index (χ3n) is 2.90. The van der Waals surface area contributed by atoms with Crippen molar-refractivity contribution < 1.29 is 19.1 Å². The molecule has 24 heavy (non-hydrogen) atoms. The number of carbonyl (C=O) groups is 2. The van der Waals surface area contributed by atoms with Crippen LogP contribution in [0.1, 0.15) is 39.2 Å². The van der Waals surface area contributed by atoms with Gasteiger partial charge in [0.05, 0.1) is 0 Å². The molecule has 1 rings (SSSR count). The van der Waals surface area contributed by atoms with Crippen LogP contribution in [0.3, 0.4) is 0 Å². The van der Waals surface area contributed by atoms with Crippen molar-refractivity contribution in [1.82, 2.24) is 5.32 Å². The number of hydrogen-bond acceptors (Lipinski definition) is 4. The number of benzene rings is 1. The average molecular weight is 398 g/mol. The topological polar surface area (TPSA) is 64.6 Å². The molecule has 0 aliphatic heterocycles. The molecule has 0 aromatic heterocycles. The minimum Gasteiger partial charge on any atom is -0.459 e. The summed E-state index contributed by atoms with van der Waals surface area (Å²) in [7, 11) is 0. The molecule has 0 aliphatic rings. The number of esters is 1. The largest absolute Gasteiger partial charge is 0.459 e. The predicted molar refractivity (Wildman–Crippen MR) is 96.7 cm³/mol. The molecule has 0 spiro atoms. The number of amides is 1. The first-order valence-electron chi connectivity index (χ1n) is 7.71. The molecule has 0 heterocycles. The van der Waals surface area contributed by atoms with Crippen LogP contribution in [0.25, 0.3) is 0 Å². The maximum absolute atomic E-state index is 12.3. The molecule has 0 saturated carbocycles. The Morgan fingerprint density at radius 2 is 1.88 bits per heavy atom. The highest BCUT2D eigenvalue weighted by Crippen LogP contribution is 2.14. The Balaban J connectivity index is 2.64. The lowest BCUT2D eigenvalue weighted by molar-refractivity contribution is -0.147. The fourth-order valence-electron chi connectivity index (χ4n) is 1.83. The Kier molecular flexibility index (Phi) is 7.98. The number of hydrogen-bond donors (Lipinski definition) is 1. The van der Waals surface area contributed by atoms with E-state index in [1.54, 1.807) is 20.8 Å². The van der Waals surface area contributed by atoms with Gasteiger partial charge in [-0.25, -0.2) is 9.59 Å². The fourth-order valence-corrected chi connectivity index (χ4v) is 2.06. The molecule has 1 amide bonds. The molecule has 132 valence electrons. The van der Waals surface area contributed by atoms with Gasteiger partial charge < -0.3 is 14.8 Å². The van der Waals surface area contributed by atoms with Crippen LogP contribution in [0.4, 0.5) is 4.79 Å². The first-order valence-corrected chi connectivity index (χ1v) is 8.50. The van der Waals surface area contributed by atoms with E-state index >= 15 is 0 Å². The normalized spacial score (nSPS) is 12.2. The average Bonchev–Trinajstić information content (AvgIpc) is 2.48. The Bertz CT molecular complexity index is 566. The molecule has 0 fully saturated rings. The van der Waals surface area contributed by atoms with Crippen molar-refractivity contribution in [2.75, 3.05) is 0 Å². The Hall–Kier alpha value is -1.82. The number of ether oxygens (including phenoxy) is 2. The molecular formula is C18H24BrNO4. The second-order valence-electron chi connectivity index (χ2n) is 6.35. The molecule has 1 N–H and O–H groups in total. The summed E-state index contributed by atoms with van der Waals surface area (Å²) in [4.78, 5) is 24.2. The first-order chi connectivity index (χ1) is 11.2. The summed E-state index contributed by atoms with van der Waals surface area (Å²) >= 11 is 3.25. The van der Waals surface area contributed by atoms with Gasteiger partial charge in [0, 0.05) is 0 Å². The van der Waals surface area contributed by atoms with Crippen molar-refractivity contribution in [1.29, 1.82) is 0 Å². The maximum Gasteiger partial charge on any atom is 0.408 e. The zero-order chi connectivity index (χ0) is 18.2. The molecule has 0 aliphatic carbocycles. The van der Waals surface area contributed by atoms with Crippen molar-refractivity contribution in [3.63, 3.8) is 0 Å². The van der Waals surface area contributed by atoms with Gasteiger partial charge in [0.1, 0.15) is 18.2 Å². The molecule has 1 aromatic rings. The van der Waals surface area contributed by atoms with Crippen LogP contribution in [0, 0.1) is 0 Å². The third kappa shape index (κ3) is 8.72. The predicted octanol–water partition coefficient (Wildman–Crippen LogP) is 4.31. The van der Waals surface area contributed by atoms with Gasteiger partial charge in [0.25, 0.3) is 0 Å². The van der Waals surface area contributed by atoms with Crippen molar-refractivity contribution >= 4 is 28.0 Å². The number of alkyl carbamates (subject to hydrolysis) is 1. The van der Waals surface area contributed by atoms with Crippen molar-refractivity contribution in [3.05, 3.63) is 47.0 Å². The van der Waals surface area contributed by atoms with Gasteiger partial charge in [-0.2, -0.15) is 0 Å².